The summed E-state index contributed by atoms with van der Waals surface area (Å²) in [5.74, 6) is -0.613. The van der Waals surface area contributed by atoms with Crippen LogP contribution >= 0.6 is 0 Å². The van der Waals surface area contributed by atoms with E-state index in [2.05, 4.69) is 10.3 Å². The molecule has 1 N–H and O–H groups in total. The maximum absolute atomic E-state index is 13.1. The van der Waals surface area contributed by atoms with E-state index in [1.165, 1.54) is 28.8 Å². The maximum atomic E-state index is 13.1. The summed E-state index contributed by atoms with van der Waals surface area (Å²) in [6.07, 6.45) is -2.90. The van der Waals surface area contributed by atoms with Crippen molar-refractivity contribution in [2.45, 2.75) is 24.9 Å². The molecule has 0 aliphatic rings. The predicted molar refractivity (Wildman–Crippen MR) is 138 cm³/mol. The highest BCUT2D eigenvalue weighted by Crippen LogP contribution is 2.31. The SMILES string of the molecule is CCN(CC(=O)Nc1nc(-c2ccccc2)cn1-c1ccc(C(F)(F)F)cc1)S(=O)(=O)c1ccc(C)cc1. The number of nitrogens with one attached hydrogen (secondary N) is 1. The summed E-state index contributed by atoms with van der Waals surface area (Å²) in [6.45, 7) is 3.03. The molecule has 7 nitrogen and oxygen atoms in total. The van der Waals surface area contributed by atoms with Gasteiger partial charge in [0.2, 0.25) is 21.9 Å². The molecule has 38 heavy (non-hydrogen) atoms. The quantitative estimate of drug-likeness (QED) is 0.318. The van der Waals surface area contributed by atoms with Crippen LogP contribution < -0.4 is 5.32 Å². The summed E-state index contributed by atoms with van der Waals surface area (Å²) in [5, 5.41) is 2.63. The topological polar surface area (TPSA) is 84.3 Å². The van der Waals surface area contributed by atoms with Crippen LogP contribution in [0.5, 0.6) is 0 Å². The number of imidazole rings is 1. The minimum absolute atomic E-state index is 0.0393. The molecule has 11 heteroatoms. The van der Waals surface area contributed by atoms with Crippen LogP contribution in [0, 0.1) is 6.92 Å². The first kappa shape index (κ1) is 27.1. The number of hydrogen-bond acceptors (Lipinski definition) is 4. The molecule has 0 aliphatic carbocycles. The molecule has 0 atom stereocenters. The third-order valence-corrected chi connectivity index (χ3v) is 7.77. The number of halogens is 3. The van der Waals surface area contributed by atoms with Crippen molar-refractivity contribution in [1.82, 2.24) is 13.9 Å². The van der Waals surface area contributed by atoms with E-state index in [1.54, 1.807) is 49.5 Å². The van der Waals surface area contributed by atoms with Crippen molar-refractivity contribution in [3.8, 4) is 16.9 Å². The summed E-state index contributed by atoms with van der Waals surface area (Å²) in [4.78, 5) is 17.5. The fourth-order valence-corrected chi connectivity index (χ4v) is 5.18. The number of aryl methyl sites for hydroxylation is 1. The lowest BCUT2D eigenvalue weighted by Crippen LogP contribution is -2.38. The van der Waals surface area contributed by atoms with Crippen LogP contribution in [-0.2, 0) is 21.0 Å². The summed E-state index contributed by atoms with van der Waals surface area (Å²) in [7, 11) is -3.94. The number of anilines is 1. The summed E-state index contributed by atoms with van der Waals surface area (Å²) < 4.78 is 67.8. The van der Waals surface area contributed by atoms with Gasteiger partial charge in [0.1, 0.15) is 0 Å². The number of carbonyl (C=O) groups excluding carboxylic acids is 1. The van der Waals surface area contributed by atoms with Crippen LogP contribution in [0.25, 0.3) is 16.9 Å². The lowest BCUT2D eigenvalue weighted by molar-refractivity contribution is -0.137. The fourth-order valence-electron chi connectivity index (χ4n) is 3.77. The van der Waals surface area contributed by atoms with Gasteiger partial charge in [-0.3, -0.25) is 14.7 Å². The first-order valence-corrected chi connectivity index (χ1v) is 13.1. The highest BCUT2D eigenvalue weighted by atomic mass is 32.2. The minimum Gasteiger partial charge on any atom is -0.294 e. The number of aromatic nitrogens is 2. The van der Waals surface area contributed by atoms with E-state index in [-0.39, 0.29) is 17.4 Å². The number of likely N-dealkylation sites (N-methyl/N-ethyl adjacent to an activating group) is 1. The normalized spacial score (nSPS) is 12.1. The van der Waals surface area contributed by atoms with Crippen molar-refractivity contribution in [1.29, 1.82) is 0 Å². The van der Waals surface area contributed by atoms with Gasteiger partial charge < -0.3 is 0 Å². The molecular formula is C27H25F3N4O3S. The van der Waals surface area contributed by atoms with E-state index in [1.807, 2.05) is 13.0 Å². The van der Waals surface area contributed by atoms with Crippen LogP contribution in [0.3, 0.4) is 0 Å². The number of hydrogen-bond donors (Lipinski definition) is 1. The third-order valence-electron chi connectivity index (χ3n) is 5.83. The van der Waals surface area contributed by atoms with Gasteiger partial charge >= 0.3 is 6.18 Å². The fraction of sp³-hybridized carbons (Fsp3) is 0.185. The number of benzene rings is 3. The Morgan fingerprint density at radius 2 is 1.61 bits per heavy atom. The molecule has 0 unspecified atom stereocenters. The van der Waals surface area contributed by atoms with E-state index in [9.17, 15) is 26.4 Å². The van der Waals surface area contributed by atoms with Crippen molar-refractivity contribution in [2.75, 3.05) is 18.4 Å². The van der Waals surface area contributed by atoms with Crippen LogP contribution in [-0.4, -0.2) is 41.3 Å². The monoisotopic (exact) mass is 542 g/mol. The van der Waals surface area contributed by atoms with E-state index in [0.29, 0.717) is 11.4 Å². The first-order valence-electron chi connectivity index (χ1n) is 11.7. The third kappa shape index (κ3) is 5.95. The van der Waals surface area contributed by atoms with Crippen molar-refractivity contribution >= 4 is 21.9 Å². The summed E-state index contributed by atoms with van der Waals surface area (Å²) >= 11 is 0. The summed E-state index contributed by atoms with van der Waals surface area (Å²) in [6, 6.07) is 19.8. The van der Waals surface area contributed by atoms with Crippen molar-refractivity contribution < 1.29 is 26.4 Å². The lowest BCUT2D eigenvalue weighted by atomic mass is 10.2. The Balaban J connectivity index is 1.63. The zero-order chi connectivity index (χ0) is 27.5. The largest absolute Gasteiger partial charge is 0.416 e. The molecule has 0 bridgehead atoms. The number of sulfonamides is 1. The number of carbonyl (C=O) groups is 1. The number of amides is 1. The molecule has 3 aromatic carbocycles. The van der Waals surface area contributed by atoms with Crippen molar-refractivity contribution in [2.24, 2.45) is 0 Å². The Labute approximate surface area is 218 Å². The second-order valence-corrected chi connectivity index (χ2v) is 10.5. The lowest BCUT2D eigenvalue weighted by Gasteiger charge is -2.20. The molecule has 0 spiro atoms. The maximum Gasteiger partial charge on any atom is 0.416 e. The average molecular weight is 543 g/mol. The zero-order valence-electron chi connectivity index (χ0n) is 20.6. The molecule has 198 valence electrons. The van der Waals surface area contributed by atoms with Crippen LogP contribution in [0.1, 0.15) is 18.1 Å². The molecule has 4 rings (SSSR count). The van der Waals surface area contributed by atoms with Crippen molar-refractivity contribution in [3.05, 3.63) is 96.2 Å². The molecule has 0 aliphatic heterocycles. The van der Waals surface area contributed by atoms with E-state index in [4.69, 9.17) is 0 Å². The molecule has 0 saturated heterocycles. The predicted octanol–water partition coefficient (Wildman–Crippen LogP) is 5.52. The molecule has 0 saturated carbocycles. The Morgan fingerprint density at radius 1 is 0.974 bits per heavy atom. The molecule has 1 amide bonds. The second kappa shape index (κ2) is 10.8. The number of nitrogens with zero attached hydrogens (tertiary/aromatic N) is 3. The van der Waals surface area contributed by atoms with Gasteiger partial charge in [-0.25, -0.2) is 13.4 Å². The van der Waals surface area contributed by atoms with Gasteiger partial charge in [0, 0.05) is 24.0 Å². The van der Waals surface area contributed by atoms with Crippen LogP contribution in [0.2, 0.25) is 0 Å². The molecular weight excluding hydrogens is 517 g/mol. The molecule has 1 aromatic heterocycles. The van der Waals surface area contributed by atoms with Gasteiger partial charge in [-0.2, -0.15) is 17.5 Å². The summed E-state index contributed by atoms with van der Waals surface area (Å²) in [5.41, 5.74) is 1.62. The molecule has 1 heterocycles. The molecule has 4 aromatic rings. The Bertz CT molecular complexity index is 1520. The Morgan fingerprint density at radius 3 is 2.18 bits per heavy atom. The highest BCUT2D eigenvalue weighted by Gasteiger charge is 2.30. The van der Waals surface area contributed by atoms with Gasteiger partial charge in [-0.15, -0.1) is 0 Å². The molecule has 0 radical (unpaired) electrons. The second-order valence-electron chi connectivity index (χ2n) is 8.52. The van der Waals surface area contributed by atoms with Gasteiger partial charge in [-0.05, 0) is 43.3 Å². The van der Waals surface area contributed by atoms with Gasteiger partial charge in [0.15, 0.2) is 0 Å². The zero-order valence-corrected chi connectivity index (χ0v) is 21.4. The standard InChI is InChI=1S/C27H25F3N4O3S/c1-3-33(38(36,37)23-15-9-19(2)10-16-23)18-25(35)32-26-31-24(20-7-5-4-6-8-20)17-34(26)22-13-11-21(12-14-22)27(28,29)30/h4-17H,3,18H2,1-2H3,(H,31,32,35). The van der Waals surface area contributed by atoms with Crippen molar-refractivity contribution in [3.63, 3.8) is 0 Å². The van der Waals surface area contributed by atoms with E-state index < -0.39 is 34.2 Å². The average Bonchev–Trinajstić information content (AvgIpc) is 3.31. The van der Waals surface area contributed by atoms with Crippen LogP contribution in [0.15, 0.2) is 90.0 Å². The Hall–Kier alpha value is -3.96. The number of alkyl halides is 3. The van der Waals surface area contributed by atoms with E-state index >= 15 is 0 Å². The van der Waals surface area contributed by atoms with Gasteiger partial charge in [-0.1, -0.05) is 55.0 Å². The number of rotatable bonds is 8. The van der Waals surface area contributed by atoms with Crippen LogP contribution in [0.4, 0.5) is 19.1 Å². The van der Waals surface area contributed by atoms with Gasteiger partial charge in [0.25, 0.3) is 0 Å². The minimum atomic E-state index is -4.49. The molecule has 0 fully saturated rings. The first-order chi connectivity index (χ1) is 18.0. The van der Waals surface area contributed by atoms with Gasteiger partial charge in [0.05, 0.1) is 22.7 Å². The van der Waals surface area contributed by atoms with E-state index in [0.717, 1.165) is 27.6 Å². The Kier molecular flexibility index (Phi) is 7.70. The smallest absolute Gasteiger partial charge is 0.294 e. The highest BCUT2D eigenvalue weighted by molar-refractivity contribution is 7.89.